The summed E-state index contributed by atoms with van der Waals surface area (Å²) in [6.45, 7) is 0. The molecule has 20 heavy (non-hydrogen) atoms. The van der Waals surface area contributed by atoms with E-state index < -0.39 is 5.92 Å². The minimum atomic E-state index is -0.574. The normalized spacial score (nSPS) is 18.1. The maximum Gasteiger partial charge on any atom is 0.123 e. The van der Waals surface area contributed by atoms with E-state index in [1.165, 1.54) is 7.11 Å². The van der Waals surface area contributed by atoms with Gasteiger partial charge in [0, 0.05) is 5.56 Å². The monoisotopic (exact) mass is 284 g/mol. The molecule has 0 fully saturated rings. The van der Waals surface area contributed by atoms with E-state index >= 15 is 0 Å². The molecule has 0 saturated heterocycles. The number of nitrogens with one attached hydrogen (secondary N) is 1. The molecule has 1 aromatic rings. The Hall–Kier alpha value is -2.57. The summed E-state index contributed by atoms with van der Waals surface area (Å²) < 4.78 is 5.30. The number of rotatable bonds is 2. The van der Waals surface area contributed by atoms with Crippen LogP contribution in [0.25, 0.3) is 0 Å². The van der Waals surface area contributed by atoms with E-state index in [1.807, 2.05) is 12.1 Å². The SMILES string of the molecule is COc1ccccc1C1C(C#N)=C(N)NC(S)=C1C#N. The molecule has 0 amide bonds. The number of thiol groups is 1. The topological polar surface area (TPSA) is 94.9 Å². The van der Waals surface area contributed by atoms with Crippen molar-refractivity contribution in [1.29, 1.82) is 10.5 Å². The van der Waals surface area contributed by atoms with Crippen molar-refractivity contribution in [2.75, 3.05) is 7.11 Å². The molecule has 100 valence electrons. The van der Waals surface area contributed by atoms with E-state index in [0.717, 1.165) is 0 Å². The van der Waals surface area contributed by atoms with Gasteiger partial charge in [-0.05, 0) is 6.07 Å². The van der Waals surface area contributed by atoms with Gasteiger partial charge in [-0.15, -0.1) is 12.6 Å². The highest BCUT2D eigenvalue weighted by molar-refractivity contribution is 7.84. The number of para-hydroxylation sites is 1. The molecule has 5 nitrogen and oxygen atoms in total. The fourth-order valence-electron chi connectivity index (χ4n) is 2.16. The van der Waals surface area contributed by atoms with Crippen LogP contribution in [0.3, 0.4) is 0 Å². The summed E-state index contributed by atoms with van der Waals surface area (Å²) in [6.07, 6.45) is 0. The summed E-state index contributed by atoms with van der Waals surface area (Å²) in [5.41, 5.74) is 7.15. The molecule has 1 atom stereocenters. The number of dihydropyridines is 1. The van der Waals surface area contributed by atoms with Crippen LogP contribution >= 0.6 is 12.6 Å². The molecule has 0 radical (unpaired) electrons. The number of allylic oxidation sites excluding steroid dienone is 2. The predicted octanol–water partition coefficient (Wildman–Crippen LogP) is 1.74. The largest absolute Gasteiger partial charge is 0.496 e. The van der Waals surface area contributed by atoms with E-state index in [0.29, 0.717) is 21.9 Å². The lowest BCUT2D eigenvalue weighted by molar-refractivity contribution is 0.409. The smallest absolute Gasteiger partial charge is 0.123 e. The lowest BCUT2D eigenvalue weighted by Crippen LogP contribution is -2.28. The summed E-state index contributed by atoms with van der Waals surface area (Å²) >= 11 is 4.23. The zero-order chi connectivity index (χ0) is 14.7. The third kappa shape index (κ3) is 2.18. The van der Waals surface area contributed by atoms with Crippen molar-refractivity contribution in [2.24, 2.45) is 5.73 Å². The molecule has 6 heteroatoms. The predicted molar refractivity (Wildman–Crippen MR) is 77.3 cm³/mol. The Bertz CT molecular complexity index is 658. The number of ether oxygens (including phenoxy) is 1. The summed E-state index contributed by atoms with van der Waals surface area (Å²) in [4.78, 5) is 0. The Labute approximate surface area is 122 Å². The zero-order valence-corrected chi connectivity index (χ0v) is 11.6. The first-order chi connectivity index (χ1) is 9.63. The zero-order valence-electron chi connectivity index (χ0n) is 10.7. The third-order valence-electron chi connectivity index (χ3n) is 3.07. The van der Waals surface area contributed by atoms with Gasteiger partial charge in [0.2, 0.25) is 0 Å². The van der Waals surface area contributed by atoms with E-state index in [2.05, 4.69) is 30.1 Å². The maximum absolute atomic E-state index is 9.35. The fraction of sp³-hybridized carbons (Fsp3) is 0.143. The number of hydrogen-bond acceptors (Lipinski definition) is 6. The van der Waals surface area contributed by atoms with Crippen LogP contribution in [0, 0.1) is 22.7 Å². The summed E-state index contributed by atoms with van der Waals surface area (Å²) in [5.74, 6) is 0.219. The standard InChI is InChI=1S/C14H12N4OS/c1-19-11-5-3-2-4-8(11)12-9(6-15)13(17)18-14(20)10(12)7-16/h2-5,12,18,20H,17H2,1H3. The maximum atomic E-state index is 9.35. The van der Waals surface area contributed by atoms with Crippen molar-refractivity contribution < 1.29 is 4.74 Å². The van der Waals surface area contributed by atoms with Gasteiger partial charge in [-0.1, -0.05) is 18.2 Å². The van der Waals surface area contributed by atoms with Crippen molar-refractivity contribution in [3.05, 3.63) is 51.8 Å². The molecular formula is C14H12N4OS. The second-order valence-corrected chi connectivity index (χ2v) is 4.56. The van der Waals surface area contributed by atoms with Crippen molar-refractivity contribution >= 4 is 12.6 Å². The number of benzene rings is 1. The van der Waals surface area contributed by atoms with Gasteiger partial charge in [-0.25, -0.2) is 0 Å². The third-order valence-corrected chi connectivity index (χ3v) is 3.42. The lowest BCUT2D eigenvalue weighted by atomic mass is 9.83. The fourth-order valence-corrected chi connectivity index (χ4v) is 2.46. The second-order valence-electron chi connectivity index (χ2n) is 4.11. The molecule has 0 spiro atoms. The Morgan fingerprint density at radius 3 is 2.50 bits per heavy atom. The molecule has 1 aliphatic heterocycles. The van der Waals surface area contributed by atoms with Crippen molar-refractivity contribution in [3.8, 4) is 17.9 Å². The summed E-state index contributed by atoms with van der Waals surface area (Å²) in [7, 11) is 1.54. The molecule has 0 aromatic heterocycles. The van der Waals surface area contributed by atoms with Crippen LogP contribution in [0.4, 0.5) is 0 Å². The van der Waals surface area contributed by atoms with Gasteiger partial charge in [0.15, 0.2) is 0 Å². The van der Waals surface area contributed by atoms with Crippen molar-refractivity contribution in [1.82, 2.24) is 5.32 Å². The molecule has 0 saturated carbocycles. The molecule has 1 unspecified atom stereocenters. The quantitative estimate of drug-likeness (QED) is 0.719. The molecule has 0 bridgehead atoms. The first-order valence-electron chi connectivity index (χ1n) is 5.77. The average Bonchev–Trinajstić information content (AvgIpc) is 2.46. The molecule has 1 aliphatic rings. The van der Waals surface area contributed by atoms with Crippen LogP contribution in [-0.2, 0) is 0 Å². The Morgan fingerprint density at radius 1 is 1.25 bits per heavy atom. The lowest BCUT2D eigenvalue weighted by Gasteiger charge is -2.26. The van der Waals surface area contributed by atoms with Crippen LogP contribution < -0.4 is 15.8 Å². The first kappa shape index (κ1) is 13.9. The highest BCUT2D eigenvalue weighted by atomic mass is 32.1. The van der Waals surface area contributed by atoms with Gasteiger partial charge in [0.25, 0.3) is 0 Å². The van der Waals surface area contributed by atoms with Gasteiger partial charge in [0.1, 0.15) is 11.6 Å². The Morgan fingerprint density at radius 2 is 1.90 bits per heavy atom. The van der Waals surface area contributed by atoms with E-state index in [4.69, 9.17) is 10.5 Å². The Kier molecular flexibility index (Phi) is 3.88. The minimum Gasteiger partial charge on any atom is -0.496 e. The van der Waals surface area contributed by atoms with Gasteiger partial charge in [-0.2, -0.15) is 10.5 Å². The van der Waals surface area contributed by atoms with Crippen LogP contribution in [0.1, 0.15) is 11.5 Å². The molecule has 1 aromatic carbocycles. The van der Waals surface area contributed by atoms with Crippen molar-refractivity contribution in [2.45, 2.75) is 5.92 Å². The number of methoxy groups -OCH3 is 1. The summed E-state index contributed by atoms with van der Waals surface area (Å²) in [6, 6.07) is 11.4. The number of hydrogen-bond donors (Lipinski definition) is 3. The molecule has 3 N–H and O–H groups in total. The highest BCUT2D eigenvalue weighted by Crippen LogP contribution is 2.40. The molecular weight excluding hydrogens is 272 g/mol. The van der Waals surface area contributed by atoms with Gasteiger partial charge < -0.3 is 15.8 Å². The van der Waals surface area contributed by atoms with Crippen LogP contribution in [-0.4, -0.2) is 7.11 Å². The van der Waals surface area contributed by atoms with Gasteiger partial charge >= 0.3 is 0 Å². The molecule has 2 rings (SSSR count). The number of nitriles is 2. The minimum absolute atomic E-state index is 0.201. The van der Waals surface area contributed by atoms with E-state index in [-0.39, 0.29) is 11.4 Å². The van der Waals surface area contributed by atoms with Crippen LogP contribution in [0.15, 0.2) is 46.3 Å². The highest BCUT2D eigenvalue weighted by Gasteiger charge is 2.32. The summed E-state index contributed by atoms with van der Waals surface area (Å²) in [5, 5.41) is 21.8. The first-order valence-corrected chi connectivity index (χ1v) is 6.21. The second kappa shape index (κ2) is 5.60. The molecule has 1 heterocycles. The van der Waals surface area contributed by atoms with Crippen molar-refractivity contribution in [3.63, 3.8) is 0 Å². The number of nitrogens with two attached hydrogens (primary N) is 1. The van der Waals surface area contributed by atoms with Crippen LogP contribution in [0.5, 0.6) is 5.75 Å². The molecule has 0 aliphatic carbocycles. The Balaban J connectivity index is 2.69. The van der Waals surface area contributed by atoms with E-state index in [9.17, 15) is 10.5 Å². The van der Waals surface area contributed by atoms with Gasteiger partial charge in [0.05, 0.1) is 41.3 Å². The van der Waals surface area contributed by atoms with Crippen LogP contribution in [0.2, 0.25) is 0 Å². The average molecular weight is 284 g/mol. The van der Waals surface area contributed by atoms with E-state index in [1.54, 1.807) is 12.1 Å². The van der Waals surface area contributed by atoms with Gasteiger partial charge in [-0.3, -0.25) is 0 Å². The number of nitrogens with zero attached hydrogens (tertiary/aromatic N) is 2.